The third kappa shape index (κ3) is 2.60. The van der Waals surface area contributed by atoms with Gasteiger partial charge in [-0.05, 0) is 39.3 Å². The zero-order valence-corrected chi connectivity index (χ0v) is 11.1. The van der Waals surface area contributed by atoms with Crippen molar-refractivity contribution in [3.8, 4) is 0 Å². The highest BCUT2D eigenvalue weighted by molar-refractivity contribution is 5.45. The van der Waals surface area contributed by atoms with Crippen molar-refractivity contribution in [2.75, 3.05) is 18.9 Å². The fourth-order valence-electron chi connectivity index (χ4n) is 2.80. The predicted molar refractivity (Wildman–Crippen MR) is 72.2 cm³/mol. The van der Waals surface area contributed by atoms with Crippen LogP contribution in [0.5, 0.6) is 0 Å². The second-order valence-corrected chi connectivity index (χ2v) is 5.03. The quantitative estimate of drug-likeness (QED) is 0.869. The molecule has 1 aromatic rings. The molecular weight excluding hydrogens is 210 g/mol. The molecule has 0 bridgehead atoms. The largest absolute Gasteiger partial charge is 0.373 e. The van der Waals surface area contributed by atoms with Crippen LogP contribution in [0.4, 0.5) is 5.82 Å². The molecule has 1 aromatic heterocycles. The number of hydrogen-bond donors (Lipinski definition) is 1. The maximum Gasteiger partial charge on any atom is 0.130 e. The first-order chi connectivity index (χ1) is 8.24. The molecule has 0 spiro atoms. The number of hydrogen-bond acceptors (Lipinski definition) is 3. The Bertz CT molecular complexity index is 362. The molecule has 94 valence electrons. The molecule has 0 saturated carbocycles. The van der Waals surface area contributed by atoms with E-state index < -0.39 is 0 Å². The van der Waals surface area contributed by atoms with Crippen molar-refractivity contribution in [2.45, 2.75) is 45.2 Å². The molecule has 0 radical (unpaired) electrons. The van der Waals surface area contributed by atoms with Crippen LogP contribution in [-0.2, 0) is 0 Å². The summed E-state index contributed by atoms with van der Waals surface area (Å²) < 4.78 is 0. The standard InChI is InChI=1S/C14H23N3/c1-11(2)17-10-5-4-8-13(17)12-7-6-9-16-14(12)15-3/h6-7,9,11,13H,4-5,8,10H2,1-3H3,(H,15,16)/t13-/m0/s1. The fraction of sp³-hybridized carbons (Fsp3) is 0.643. The van der Waals surface area contributed by atoms with Crippen LogP contribution in [0, 0.1) is 0 Å². The van der Waals surface area contributed by atoms with Gasteiger partial charge in [0, 0.05) is 30.9 Å². The molecule has 0 aliphatic carbocycles. The van der Waals surface area contributed by atoms with E-state index >= 15 is 0 Å². The topological polar surface area (TPSA) is 28.2 Å². The molecule has 17 heavy (non-hydrogen) atoms. The van der Waals surface area contributed by atoms with Crippen LogP contribution in [0.15, 0.2) is 18.3 Å². The van der Waals surface area contributed by atoms with E-state index in [0.29, 0.717) is 12.1 Å². The van der Waals surface area contributed by atoms with E-state index in [1.807, 2.05) is 19.3 Å². The number of piperidine rings is 1. The molecule has 1 saturated heterocycles. The van der Waals surface area contributed by atoms with Crippen molar-refractivity contribution in [3.05, 3.63) is 23.9 Å². The van der Waals surface area contributed by atoms with E-state index in [1.165, 1.54) is 31.4 Å². The highest BCUT2D eigenvalue weighted by Gasteiger charge is 2.27. The predicted octanol–water partition coefficient (Wildman–Crippen LogP) is 3.06. The molecule has 0 aromatic carbocycles. The molecular formula is C14H23N3. The van der Waals surface area contributed by atoms with Crippen molar-refractivity contribution < 1.29 is 0 Å². The molecule has 0 amide bonds. The fourth-order valence-corrected chi connectivity index (χ4v) is 2.80. The third-order valence-corrected chi connectivity index (χ3v) is 3.64. The summed E-state index contributed by atoms with van der Waals surface area (Å²) >= 11 is 0. The smallest absolute Gasteiger partial charge is 0.130 e. The van der Waals surface area contributed by atoms with Gasteiger partial charge in [0.25, 0.3) is 0 Å². The number of nitrogens with one attached hydrogen (secondary N) is 1. The molecule has 3 nitrogen and oxygen atoms in total. The molecule has 1 atom stereocenters. The maximum atomic E-state index is 4.43. The summed E-state index contributed by atoms with van der Waals surface area (Å²) in [6, 6.07) is 5.39. The summed E-state index contributed by atoms with van der Waals surface area (Å²) in [7, 11) is 1.95. The molecule has 2 rings (SSSR count). The van der Waals surface area contributed by atoms with Crippen molar-refractivity contribution in [2.24, 2.45) is 0 Å². The molecule has 1 fully saturated rings. The average Bonchev–Trinajstić information content (AvgIpc) is 2.38. The minimum atomic E-state index is 0.528. The normalized spacial score (nSPS) is 21.8. The lowest BCUT2D eigenvalue weighted by Gasteiger charge is -2.39. The summed E-state index contributed by atoms with van der Waals surface area (Å²) in [6.07, 6.45) is 5.76. The molecule has 1 aliphatic rings. The van der Waals surface area contributed by atoms with Crippen molar-refractivity contribution in [3.63, 3.8) is 0 Å². The zero-order chi connectivity index (χ0) is 12.3. The van der Waals surface area contributed by atoms with Crippen LogP contribution in [0.1, 0.15) is 44.7 Å². The lowest BCUT2D eigenvalue weighted by molar-refractivity contribution is 0.112. The summed E-state index contributed by atoms with van der Waals surface area (Å²) in [4.78, 5) is 7.03. The second kappa shape index (κ2) is 5.50. The number of aromatic nitrogens is 1. The van der Waals surface area contributed by atoms with Gasteiger partial charge in [-0.2, -0.15) is 0 Å². The second-order valence-electron chi connectivity index (χ2n) is 5.03. The van der Waals surface area contributed by atoms with Crippen LogP contribution in [-0.4, -0.2) is 29.5 Å². The van der Waals surface area contributed by atoms with E-state index in [1.54, 1.807) is 0 Å². The Kier molecular flexibility index (Phi) is 4.00. The van der Waals surface area contributed by atoms with Crippen molar-refractivity contribution >= 4 is 5.82 Å². The van der Waals surface area contributed by atoms with Crippen LogP contribution in [0.25, 0.3) is 0 Å². The number of likely N-dealkylation sites (tertiary alicyclic amines) is 1. The highest BCUT2D eigenvalue weighted by Crippen LogP contribution is 2.35. The first-order valence-corrected chi connectivity index (χ1v) is 6.62. The Morgan fingerprint density at radius 3 is 2.94 bits per heavy atom. The number of pyridine rings is 1. The average molecular weight is 233 g/mol. The van der Waals surface area contributed by atoms with E-state index in [-0.39, 0.29) is 0 Å². The van der Waals surface area contributed by atoms with E-state index in [4.69, 9.17) is 0 Å². The van der Waals surface area contributed by atoms with Crippen LogP contribution >= 0.6 is 0 Å². The summed E-state index contributed by atoms with van der Waals surface area (Å²) in [5, 5.41) is 3.21. The van der Waals surface area contributed by atoms with E-state index in [2.05, 4.69) is 35.1 Å². The van der Waals surface area contributed by atoms with Gasteiger partial charge in [0.15, 0.2) is 0 Å². The SMILES string of the molecule is CNc1ncccc1[C@@H]1CCCCN1C(C)C. The molecule has 2 heterocycles. The minimum Gasteiger partial charge on any atom is -0.373 e. The summed E-state index contributed by atoms with van der Waals surface area (Å²) in [5.74, 6) is 1.03. The van der Waals surface area contributed by atoms with Crippen molar-refractivity contribution in [1.29, 1.82) is 0 Å². The van der Waals surface area contributed by atoms with Gasteiger partial charge in [-0.25, -0.2) is 4.98 Å². The minimum absolute atomic E-state index is 0.528. The molecule has 1 N–H and O–H groups in total. The third-order valence-electron chi connectivity index (χ3n) is 3.64. The maximum absolute atomic E-state index is 4.43. The van der Waals surface area contributed by atoms with Gasteiger partial charge < -0.3 is 5.32 Å². The number of anilines is 1. The lowest BCUT2D eigenvalue weighted by Crippen LogP contribution is -2.38. The number of rotatable bonds is 3. The van der Waals surface area contributed by atoms with E-state index in [0.717, 1.165) is 5.82 Å². The lowest BCUT2D eigenvalue weighted by atomic mass is 9.94. The van der Waals surface area contributed by atoms with Gasteiger partial charge in [0.1, 0.15) is 5.82 Å². The van der Waals surface area contributed by atoms with Gasteiger partial charge in [-0.15, -0.1) is 0 Å². The van der Waals surface area contributed by atoms with Crippen LogP contribution in [0.3, 0.4) is 0 Å². The molecule has 0 unspecified atom stereocenters. The van der Waals surface area contributed by atoms with Crippen molar-refractivity contribution in [1.82, 2.24) is 9.88 Å². The number of nitrogens with zero attached hydrogens (tertiary/aromatic N) is 2. The molecule has 1 aliphatic heterocycles. The Morgan fingerprint density at radius 2 is 2.24 bits per heavy atom. The Morgan fingerprint density at radius 1 is 1.41 bits per heavy atom. The zero-order valence-electron chi connectivity index (χ0n) is 11.1. The van der Waals surface area contributed by atoms with Crippen LogP contribution < -0.4 is 5.32 Å². The summed E-state index contributed by atoms with van der Waals surface area (Å²) in [6.45, 7) is 5.78. The summed E-state index contributed by atoms with van der Waals surface area (Å²) in [5.41, 5.74) is 1.35. The monoisotopic (exact) mass is 233 g/mol. The highest BCUT2D eigenvalue weighted by atomic mass is 15.2. The van der Waals surface area contributed by atoms with Gasteiger partial charge in [0.2, 0.25) is 0 Å². The van der Waals surface area contributed by atoms with Gasteiger partial charge in [-0.3, -0.25) is 4.90 Å². The van der Waals surface area contributed by atoms with Gasteiger partial charge in [0.05, 0.1) is 0 Å². The van der Waals surface area contributed by atoms with Gasteiger partial charge >= 0.3 is 0 Å². The van der Waals surface area contributed by atoms with E-state index in [9.17, 15) is 0 Å². The molecule has 3 heteroatoms. The Labute approximate surface area is 104 Å². The Balaban J connectivity index is 2.29. The van der Waals surface area contributed by atoms with Gasteiger partial charge in [-0.1, -0.05) is 12.5 Å². The first-order valence-electron chi connectivity index (χ1n) is 6.62. The van der Waals surface area contributed by atoms with Crippen LogP contribution in [0.2, 0.25) is 0 Å². The Hall–Kier alpha value is -1.09. The first kappa shape index (κ1) is 12.4.